The van der Waals surface area contributed by atoms with Crippen molar-refractivity contribution in [1.29, 1.82) is 0 Å². The normalized spacial score (nSPS) is 31.4. The van der Waals surface area contributed by atoms with E-state index in [1.54, 1.807) is 6.92 Å². The standard InChI is InChI=1S/C11H18O2.C6H10O3/c1-4-11(12,13)9-7-5-6-8-10(9,2)3;1(5-3-8-5)7-2-6-4-9-6/h5-9,12-13H,4H2,1-3H3;5-6H,1-4H2. The molecule has 0 bridgehead atoms. The van der Waals surface area contributed by atoms with Crippen LogP contribution in [0.5, 0.6) is 0 Å². The Morgan fingerprint density at radius 1 is 1.14 bits per heavy atom. The zero-order valence-electron chi connectivity index (χ0n) is 13.7. The first-order valence-corrected chi connectivity index (χ1v) is 7.97. The van der Waals surface area contributed by atoms with Gasteiger partial charge >= 0.3 is 0 Å². The molecule has 0 saturated carbocycles. The van der Waals surface area contributed by atoms with Crippen molar-refractivity contribution in [3.05, 3.63) is 24.3 Å². The Hall–Kier alpha value is -0.720. The quantitative estimate of drug-likeness (QED) is 0.576. The van der Waals surface area contributed by atoms with Gasteiger partial charge in [0.25, 0.3) is 0 Å². The van der Waals surface area contributed by atoms with Gasteiger partial charge in [-0.2, -0.15) is 0 Å². The molecular formula is C17H28O5. The zero-order chi connectivity index (χ0) is 16.2. The molecule has 5 nitrogen and oxygen atoms in total. The molecule has 3 aliphatic rings. The van der Waals surface area contributed by atoms with Crippen molar-refractivity contribution in [3.63, 3.8) is 0 Å². The van der Waals surface area contributed by atoms with E-state index in [0.29, 0.717) is 18.6 Å². The van der Waals surface area contributed by atoms with Gasteiger partial charge in [-0.15, -0.1) is 0 Å². The summed E-state index contributed by atoms with van der Waals surface area (Å²) in [5, 5.41) is 19.5. The van der Waals surface area contributed by atoms with Gasteiger partial charge in [0.2, 0.25) is 0 Å². The van der Waals surface area contributed by atoms with Crippen LogP contribution in [0.25, 0.3) is 0 Å². The monoisotopic (exact) mass is 312 g/mol. The third kappa shape index (κ3) is 5.48. The number of hydrogen-bond donors (Lipinski definition) is 2. The van der Waals surface area contributed by atoms with Crippen molar-refractivity contribution in [1.82, 2.24) is 0 Å². The molecule has 2 fully saturated rings. The lowest BCUT2D eigenvalue weighted by atomic mass is 9.71. The maximum Gasteiger partial charge on any atom is 0.169 e. The molecule has 0 radical (unpaired) electrons. The summed E-state index contributed by atoms with van der Waals surface area (Å²) >= 11 is 0. The fourth-order valence-electron chi connectivity index (χ4n) is 2.46. The van der Waals surface area contributed by atoms with Crippen LogP contribution in [0.4, 0.5) is 0 Å². The van der Waals surface area contributed by atoms with Crippen molar-refractivity contribution in [2.75, 3.05) is 26.4 Å². The molecule has 0 aromatic rings. The molecular weight excluding hydrogens is 284 g/mol. The van der Waals surface area contributed by atoms with Crippen LogP contribution in [-0.2, 0) is 14.2 Å². The van der Waals surface area contributed by atoms with Crippen LogP contribution in [0.1, 0.15) is 27.2 Å². The van der Waals surface area contributed by atoms with Gasteiger partial charge in [-0.25, -0.2) is 0 Å². The molecule has 0 aromatic carbocycles. The molecule has 1 aliphatic carbocycles. The third-order valence-electron chi connectivity index (χ3n) is 4.17. The van der Waals surface area contributed by atoms with Crippen LogP contribution in [0.15, 0.2) is 24.3 Å². The molecule has 2 heterocycles. The summed E-state index contributed by atoms with van der Waals surface area (Å²) in [5.74, 6) is -1.82. The largest absolute Gasteiger partial charge is 0.376 e. The number of ether oxygens (including phenoxy) is 3. The highest BCUT2D eigenvalue weighted by molar-refractivity contribution is 5.20. The van der Waals surface area contributed by atoms with E-state index < -0.39 is 5.79 Å². The van der Waals surface area contributed by atoms with Gasteiger partial charge < -0.3 is 24.4 Å². The molecule has 2 aliphatic heterocycles. The van der Waals surface area contributed by atoms with Crippen molar-refractivity contribution in [2.24, 2.45) is 11.3 Å². The van der Waals surface area contributed by atoms with E-state index in [1.165, 1.54) is 0 Å². The fraction of sp³-hybridized carbons (Fsp3) is 0.765. The Balaban J connectivity index is 0.000000170. The minimum absolute atomic E-state index is 0.186. The topological polar surface area (TPSA) is 74.8 Å². The molecule has 126 valence electrons. The molecule has 3 rings (SSSR count). The predicted molar refractivity (Wildman–Crippen MR) is 83.3 cm³/mol. The lowest BCUT2D eigenvalue weighted by Gasteiger charge is -2.39. The number of allylic oxidation sites excluding steroid dienone is 3. The smallest absolute Gasteiger partial charge is 0.169 e. The van der Waals surface area contributed by atoms with Crippen LogP contribution in [0.3, 0.4) is 0 Å². The first kappa shape index (κ1) is 17.6. The Kier molecular flexibility index (Phi) is 5.80. The maximum absolute atomic E-state index is 9.75. The first-order chi connectivity index (χ1) is 10.3. The summed E-state index contributed by atoms with van der Waals surface area (Å²) in [6, 6.07) is 0. The predicted octanol–water partition coefficient (Wildman–Crippen LogP) is 1.65. The van der Waals surface area contributed by atoms with E-state index in [4.69, 9.17) is 14.2 Å². The Morgan fingerprint density at radius 3 is 2.09 bits per heavy atom. The Labute approximate surface area is 132 Å². The van der Waals surface area contributed by atoms with Gasteiger partial charge in [0.05, 0.1) is 26.4 Å². The summed E-state index contributed by atoms with van der Waals surface area (Å²) < 4.78 is 15.1. The lowest BCUT2D eigenvalue weighted by molar-refractivity contribution is -0.206. The van der Waals surface area contributed by atoms with Crippen LogP contribution in [-0.4, -0.2) is 54.6 Å². The number of aliphatic hydroxyl groups is 2. The van der Waals surface area contributed by atoms with Crippen LogP contribution < -0.4 is 0 Å². The Morgan fingerprint density at radius 2 is 1.68 bits per heavy atom. The third-order valence-corrected chi connectivity index (χ3v) is 4.17. The van der Waals surface area contributed by atoms with Crippen molar-refractivity contribution in [3.8, 4) is 0 Å². The van der Waals surface area contributed by atoms with Crippen LogP contribution >= 0.6 is 0 Å². The number of epoxide rings is 2. The highest BCUT2D eigenvalue weighted by Crippen LogP contribution is 2.39. The SMILES string of the molecule is C(OCC1CO1)C1CO1.CCC(O)(O)C1C=CC=CC1(C)C. The van der Waals surface area contributed by atoms with Gasteiger partial charge in [-0.3, -0.25) is 0 Å². The van der Waals surface area contributed by atoms with E-state index >= 15 is 0 Å². The summed E-state index contributed by atoms with van der Waals surface area (Å²) in [4.78, 5) is 0. The minimum Gasteiger partial charge on any atom is -0.376 e. The van der Waals surface area contributed by atoms with E-state index in [1.807, 2.05) is 38.2 Å². The average Bonchev–Trinajstić information content (AvgIpc) is 3.33. The molecule has 2 saturated heterocycles. The molecule has 0 spiro atoms. The summed E-state index contributed by atoms with van der Waals surface area (Å²) in [7, 11) is 0. The molecule has 5 heteroatoms. The van der Waals surface area contributed by atoms with Crippen LogP contribution in [0, 0.1) is 11.3 Å². The summed E-state index contributed by atoms with van der Waals surface area (Å²) in [6.45, 7) is 9.06. The molecule has 2 N–H and O–H groups in total. The molecule has 3 atom stereocenters. The molecule has 3 unspecified atom stereocenters. The number of rotatable bonds is 6. The highest BCUT2D eigenvalue weighted by Gasteiger charge is 2.41. The summed E-state index contributed by atoms with van der Waals surface area (Å²) in [6.07, 6.45) is 8.82. The average molecular weight is 312 g/mol. The van der Waals surface area contributed by atoms with Crippen LogP contribution in [0.2, 0.25) is 0 Å². The van der Waals surface area contributed by atoms with E-state index in [2.05, 4.69) is 0 Å². The van der Waals surface area contributed by atoms with Gasteiger partial charge in [-0.1, -0.05) is 45.1 Å². The zero-order valence-corrected chi connectivity index (χ0v) is 13.7. The first-order valence-electron chi connectivity index (χ1n) is 7.97. The second kappa shape index (κ2) is 7.23. The van der Waals surface area contributed by atoms with E-state index in [-0.39, 0.29) is 11.3 Å². The second-order valence-corrected chi connectivity index (χ2v) is 6.72. The van der Waals surface area contributed by atoms with Crippen molar-refractivity contribution in [2.45, 2.75) is 45.2 Å². The van der Waals surface area contributed by atoms with Crippen molar-refractivity contribution < 1.29 is 24.4 Å². The fourth-order valence-corrected chi connectivity index (χ4v) is 2.46. The van der Waals surface area contributed by atoms with Gasteiger partial charge in [-0.05, 0) is 11.8 Å². The van der Waals surface area contributed by atoms with Crippen molar-refractivity contribution >= 4 is 0 Å². The minimum atomic E-state index is -1.59. The number of hydrogen-bond acceptors (Lipinski definition) is 5. The van der Waals surface area contributed by atoms with Gasteiger partial charge in [0.15, 0.2) is 5.79 Å². The second-order valence-electron chi connectivity index (χ2n) is 6.72. The van der Waals surface area contributed by atoms with Gasteiger partial charge in [0, 0.05) is 5.92 Å². The summed E-state index contributed by atoms with van der Waals surface area (Å²) in [5.41, 5.74) is -0.186. The molecule has 0 aromatic heterocycles. The maximum atomic E-state index is 9.75. The lowest BCUT2D eigenvalue weighted by Crippen LogP contribution is -2.44. The van der Waals surface area contributed by atoms with E-state index in [9.17, 15) is 10.2 Å². The Bertz CT molecular complexity index is 393. The molecule has 0 amide bonds. The molecule has 22 heavy (non-hydrogen) atoms. The highest BCUT2D eigenvalue weighted by atomic mass is 16.6. The van der Waals surface area contributed by atoms with Gasteiger partial charge in [0.1, 0.15) is 12.2 Å². The van der Waals surface area contributed by atoms with E-state index in [0.717, 1.165) is 26.4 Å².